The summed E-state index contributed by atoms with van der Waals surface area (Å²) in [7, 11) is 0. The van der Waals surface area contributed by atoms with Crippen molar-refractivity contribution in [1.29, 1.82) is 0 Å². The maximum atomic E-state index is 10.6. The largest absolute Gasteiger partial charge is 0.509 e. The van der Waals surface area contributed by atoms with Gasteiger partial charge in [0.1, 0.15) is 11.5 Å². The van der Waals surface area contributed by atoms with E-state index in [-0.39, 0.29) is 11.5 Å². The average Bonchev–Trinajstić information content (AvgIpc) is 2.36. The Balaban J connectivity index is 2.57. The maximum absolute atomic E-state index is 10.6. The number of amides is 1. The molecule has 0 atom stereocenters. The summed E-state index contributed by atoms with van der Waals surface area (Å²) in [6, 6.07) is 0. The van der Waals surface area contributed by atoms with Crippen LogP contribution in [-0.2, 0) is 14.3 Å². The average molecular weight is 171 g/mol. The summed E-state index contributed by atoms with van der Waals surface area (Å²) in [4.78, 5) is 20.8. The Morgan fingerprint density at radius 2 is 2.08 bits per heavy atom. The monoisotopic (exact) mass is 171 g/mol. The van der Waals surface area contributed by atoms with Crippen LogP contribution in [0.2, 0.25) is 0 Å². The molecule has 0 unspecified atom stereocenters. The standard InChI is InChI=1S/C7H9NO4/c8-6(10)7(11)12-5-3-1-2-4(5)9/h9H,1-3H2,(H2,8,10). The molecule has 0 fully saturated rings. The first-order valence-corrected chi connectivity index (χ1v) is 3.54. The lowest BCUT2D eigenvalue weighted by molar-refractivity contribution is -0.150. The highest BCUT2D eigenvalue weighted by atomic mass is 16.5. The third-order valence-electron chi connectivity index (χ3n) is 1.56. The first kappa shape index (κ1) is 8.58. The van der Waals surface area contributed by atoms with E-state index >= 15 is 0 Å². The lowest BCUT2D eigenvalue weighted by Crippen LogP contribution is -2.25. The van der Waals surface area contributed by atoms with Gasteiger partial charge < -0.3 is 15.6 Å². The zero-order chi connectivity index (χ0) is 9.14. The van der Waals surface area contributed by atoms with Crippen molar-refractivity contribution in [2.45, 2.75) is 19.3 Å². The number of carbonyl (C=O) groups excluding carboxylic acids is 2. The molecule has 1 amide bonds. The van der Waals surface area contributed by atoms with Crippen LogP contribution in [0.4, 0.5) is 0 Å². The molecule has 0 saturated carbocycles. The van der Waals surface area contributed by atoms with E-state index in [0.29, 0.717) is 12.8 Å². The second kappa shape index (κ2) is 3.25. The van der Waals surface area contributed by atoms with Crippen molar-refractivity contribution in [2.75, 3.05) is 0 Å². The van der Waals surface area contributed by atoms with E-state index < -0.39 is 11.9 Å². The minimum absolute atomic E-state index is 0.0320. The van der Waals surface area contributed by atoms with Crippen molar-refractivity contribution in [2.24, 2.45) is 5.73 Å². The van der Waals surface area contributed by atoms with Gasteiger partial charge in [0.2, 0.25) is 0 Å². The van der Waals surface area contributed by atoms with Crippen LogP contribution in [0.1, 0.15) is 19.3 Å². The van der Waals surface area contributed by atoms with Crippen molar-refractivity contribution in [3.05, 3.63) is 11.5 Å². The number of hydrogen-bond donors (Lipinski definition) is 2. The van der Waals surface area contributed by atoms with Gasteiger partial charge in [-0.15, -0.1) is 0 Å². The van der Waals surface area contributed by atoms with Crippen molar-refractivity contribution in [3.8, 4) is 0 Å². The van der Waals surface area contributed by atoms with E-state index in [2.05, 4.69) is 10.5 Å². The molecule has 3 N–H and O–H groups in total. The number of esters is 1. The van der Waals surface area contributed by atoms with Crippen LogP contribution in [0.5, 0.6) is 0 Å². The summed E-state index contributed by atoms with van der Waals surface area (Å²) in [6.45, 7) is 0. The first-order valence-electron chi connectivity index (χ1n) is 3.54. The molecule has 0 saturated heterocycles. The van der Waals surface area contributed by atoms with Gasteiger partial charge in [0.05, 0.1) is 0 Å². The molecule has 1 rings (SSSR count). The van der Waals surface area contributed by atoms with Crippen LogP contribution in [0.3, 0.4) is 0 Å². The third kappa shape index (κ3) is 1.75. The quantitative estimate of drug-likeness (QED) is 0.428. The molecule has 12 heavy (non-hydrogen) atoms. The van der Waals surface area contributed by atoms with Gasteiger partial charge in [-0.05, 0) is 6.42 Å². The van der Waals surface area contributed by atoms with Crippen molar-refractivity contribution in [1.82, 2.24) is 0 Å². The Kier molecular flexibility index (Phi) is 2.32. The molecule has 0 aromatic carbocycles. The van der Waals surface area contributed by atoms with Gasteiger partial charge in [0.25, 0.3) is 0 Å². The zero-order valence-corrected chi connectivity index (χ0v) is 6.37. The summed E-state index contributed by atoms with van der Waals surface area (Å²) < 4.78 is 4.50. The molecular weight excluding hydrogens is 162 g/mol. The smallest absolute Gasteiger partial charge is 0.401 e. The second-order valence-electron chi connectivity index (χ2n) is 2.48. The maximum Gasteiger partial charge on any atom is 0.401 e. The highest BCUT2D eigenvalue weighted by molar-refractivity contribution is 6.32. The molecule has 0 aromatic heterocycles. The predicted molar refractivity (Wildman–Crippen MR) is 38.8 cm³/mol. The molecule has 0 bridgehead atoms. The highest BCUT2D eigenvalue weighted by Crippen LogP contribution is 2.24. The van der Waals surface area contributed by atoms with Crippen LogP contribution in [0.15, 0.2) is 11.5 Å². The fraction of sp³-hybridized carbons (Fsp3) is 0.429. The number of ether oxygens (including phenoxy) is 1. The number of rotatable bonds is 1. The van der Waals surface area contributed by atoms with Crippen LogP contribution in [0, 0.1) is 0 Å². The summed E-state index contributed by atoms with van der Waals surface area (Å²) >= 11 is 0. The van der Waals surface area contributed by atoms with Gasteiger partial charge in [-0.3, -0.25) is 4.79 Å². The topological polar surface area (TPSA) is 89.6 Å². The molecule has 0 radical (unpaired) electrons. The van der Waals surface area contributed by atoms with Gasteiger partial charge in [-0.2, -0.15) is 0 Å². The minimum Gasteiger partial charge on any atom is -0.509 e. The molecule has 0 spiro atoms. The van der Waals surface area contributed by atoms with Crippen molar-refractivity contribution >= 4 is 11.9 Å². The Morgan fingerprint density at radius 1 is 1.42 bits per heavy atom. The van der Waals surface area contributed by atoms with Gasteiger partial charge in [0.15, 0.2) is 0 Å². The van der Waals surface area contributed by atoms with E-state index in [4.69, 9.17) is 5.11 Å². The molecule has 66 valence electrons. The van der Waals surface area contributed by atoms with Crippen LogP contribution in [0.25, 0.3) is 0 Å². The Labute approximate surface area is 68.8 Å². The Morgan fingerprint density at radius 3 is 2.50 bits per heavy atom. The van der Waals surface area contributed by atoms with Crippen LogP contribution < -0.4 is 5.73 Å². The fourth-order valence-electron chi connectivity index (χ4n) is 0.972. The molecule has 1 aliphatic carbocycles. The van der Waals surface area contributed by atoms with Gasteiger partial charge in [-0.25, -0.2) is 4.79 Å². The zero-order valence-electron chi connectivity index (χ0n) is 6.37. The van der Waals surface area contributed by atoms with E-state index in [1.807, 2.05) is 0 Å². The van der Waals surface area contributed by atoms with Crippen molar-refractivity contribution in [3.63, 3.8) is 0 Å². The molecule has 1 aliphatic rings. The Bertz CT molecular complexity index is 256. The van der Waals surface area contributed by atoms with Gasteiger partial charge in [0, 0.05) is 12.8 Å². The molecule has 5 nitrogen and oxygen atoms in total. The predicted octanol–water partition coefficient (Wildman–Crippen LogP) is -0.0316. The number of aliphatic hydroxyl groups excluding tert-OH is 1. The molecule has 0 heterocycles. The molecule has 0 aliphatic heterocycles. The number of allylic oxidation sites excluding steroid dienone is 2. The van der Waals surface area contributed by atoms with E-state index in [1.165, 1.54) is 0 Å². The Hall–Kier alpha value is -1.52. The number of aliphatic hydroxyl groups is 1. The normalized spacial score (nSPS) is 16.3. The highest BCUT2D eigenvalue weighted by Gasteiger charge is 2.20. The van der Waals surface area contributed by atoms with Gasteiger partial charge in [-0.1, -0.05) is 0 Å². The fourth-order valence-corrected chi connectivity index (χ4v) is 0.972. The number of nitrogens with two attached hydrogens (primary N) is 1. The summed E-state index contributed by atoms with van der Waals surface area (Å²) in [5.74, 6) is -2.08. The SMILES string of the molecule is NC(=O)C(=O)OC1=C(O)CCC1. The molecule has 5 heteroatoms. The third-order valence-corrected chi connectivity index (χ3v) is 1.56. The van der Waals surface area contributed by atoms with Gasteiger partial charge >= 0.3 is 11.9 Å². The number of carbonyl (C=O) groups is 2. The molecular formula is C7H9NO4. The van der Waals surface area contributed by atoms with Crippen molar-refractivity contribution < 1.29 is 19.4 Å². The van der Waals surface area contributed by atoms with Crippen LogP contribution in [-0.4, -0.2) is 17.0 Å². The second-order valence-corrected chi connectivity index (χ2v) is 2.48. The minimum atomic E-state index is -1.15. The number of primary amides is 1. The van der Waals surface area contributed by atoms with Crippen LogP contribution >= 0.6 is 0 Å². The lowest BCUT2D eigenvalue weighted by Gasteiger charge is -2.01. The number of hydrogen-bond acceptors (Lipinski definition) is 4. The van der Waals surface area contributed by atoms with E-state index in [1.54, 1.807) is 0 Å². The molecule has 0 aromatic rings. The lowest BCUT2D eigenvalue weighted by atomic mass is 10.3. The summed E-state index contributed by atoms with van der Waals surface area (Å²) in [5.41, 5.74) is 4.64. The first-order chi connectivity index (χ1) is 5.61. The van der Waals surface area contributed by atoms with E-state index in [9.17, 15) is 9.59 Å². The van der Waals surface area contributed by atoms with E-state index in [0.717, 1.165) is 6.42 Å². The summed E-state index contributed by atoms with van der Waals surface area (Å²) in [6.07, 6.45) is 1.69. The summed E-state index contributed by atoms with van der Waals surface area (Å²) in [5, 5.41) is 9.07.